The number of benzene rings is 1. The van der Waals surface area contributed by atoms with E-state index in [0.717, 1.165) is 12.1 Å². The summed E-state index contributed by atoms with van der Waals surface area (Å²) < 4.78 is 1.94. The molecule has 1 amide bonds. The highest BCUT2D eigenvalue weighted by atomic mass is 16.1. The van der Waals surface area contributed by atoms with Gasteiger partial charge in [0.05, 0.1) is 11.6 Å². The molecular formula is C17H18N3O+. The molecule has 0 spiro atoms. The number of pyridine rings is 1. The Morgan fingerprint density at radius 1 is 1.24 bits per heavy atom. The molecule has 0 aliphatic carbocycles. The van der Waals surface area contributed by atoms with Crippen molar-refractivity contribution in [3.8, 4) is 6.07 Å². The number of anilines is 1. The van der Waals surface area contributed by atoms with E-state index in [2.05, 4.69) is 24.4 Å². The summed E-state index contributed by atoms with van der Waals surface area (Å²) in [5, 5.41) is 11.6. The number of carbonyl (C=O) groups excluding carboxylic acids is 1. The number of carbonyl (C=O) groups is 1. The lowest BCUT2D eigenvalue weighted by molar-refractivity contribution is -0.690. The van der Waals surface area contributed by atoms with Crippen LogP contribution in [0.15, 0.2) is 42.6 Å². The van der Waals surface area contributed by atoms with E-state index in [0.29, 0.717) is 11.3 Å². The number of amides is 1. The zero-order valence-corrected chi connectivity index (χ0v) is 12.3. The second-order valence-corrected chi connectivity index (χ2v) is 4.90. The van der Waals surface area contributed by atoms with Gasteiger partial charge in [-0.3, -0.25) is 4.79 Å². The molecule has 2 aromatic rings. The molecule has 2 rings (SSSR count). The Hall–Kier alpha value is -2.67. The fourth-order valence-electron chi connectivity index (χ4n) is 2.03. The van der Waals surface area contributed by atoms with Gasteiger partial charge in [-0.15, -0.1) is 0 Å². The van der Waals surface area contributed by atoms with Crippen LogP contribution in [0.3, 0.4) is 0 Å². The van der Waals surface area contributed by atoms with Crippen molar-refractivity contribution in [2.75, 3.05) is 5.32 Å². The monoisotopic (exact) mass is 280 g/mol. The van der Waals surface area contributed by atoms with Gasteiger partial charge in [-0.2, -0.15) is 9.83 Å². The van der Waals surface area contributed by atoms with E-state index >= 15 is 0 Å². The molecule has 1 N–H and O–H groups in total. The van der Waals surface area contributed by atoms with Crippen molar-refractivity contribution in [2.24, 2.45) is 0 Å². The molecule has 0 saturated heterocycles. The maximum atomic E-state index is 12.1. The molecule has 4 nitrogen and oxygen atoms in total. The van der Waals surface area contributed by atoms with Crippen LogP contribution >= 0.6 is 0 Å². The van der Waals surface area contributed by atoms with Gasteiger partial charge in [-0.1, -0.05) is 6.92 Å². The second-order valence-electron chi connectivity index (χ2n) is 4.90. The van der Waals surface area contributed by atoms with Gasteiger partial charge in [0.1, 0.15) is 0 Å². The van der Waals surface area contributed by atoms with Crippen LogP contribution in [0, 0.1) is 18.3 Å². The van der Waals surface area contributed by atoms with Gasteiger partial charge >= 0.3 is 0 Å². The standard InChI is InChI=1S/C17H17N3O/c1-3-14-5-4-13(2)20(11-14)12-17(21)19-16-8-6-15(10-18)7-9-16/h4-9,11H,3,12H2,1-2H3/p+1. The second kappa shape index (κ2) is 6.67. The topological polar surface area (TPSA) is 56.8 Å². The Morgan fingerprint density at radius 3 is 2.57 bits per heavy atom. The van der Waals surface area contributed by atoms with Crippen LogP contribution in [0.4, 0.5) is 5.69 Å². The van der Waals surface area contributed by atoms with Crippen molar-refractivity contribution in [3.05, 3.63) is 59.4 Å². The highest BCUT2D eigenvalue weighted by molar-refractivity contribution is 5.89. The third-order valence-electron chi connectivity index (χ3n) is 3.33. The fraction of sp³-hybridized carbons (Fsp3) is 0.235. The highest BCUT2D eigenvalue weighted by Crippen LogP contribution is 2.08. The van der Waals surface area contributed by atoms with Gasteiger partial charge in [0.15, 0.2) is 11.9 Å². The lowest BCUT2D eigenvalue weighted by Gasteiger charge is -2.05. The number of rotatable bonds is 4. The smallest absolute Gasteiger partial charge is 0.290 e. The Bertz CT molecular complexity index is 684. The summed E-state index contributed by atoms with van der Waals surface area (Å²) in [5.41, 5.74) is 3.52. The van der Waals surface area contributed by atoms with E-state index in [4.69, 9.17) is 5.26 Å². The largest absolute Gasteiger partial charge is 0.321 e. The van der Waals surface area contributed by atoms with Crippen LogP contribution in [0.5, 0.6) is 0 Å². The first-order chi connectivity index (χ1) is 10.1. The van der Waals surface area contributed by atoms with E-state index in [9.17, 15) is 4.79 Å². The predicted molar refractivity (Wildman–Crippen MR) is 80.5 cm³/mol. The number of nitrogens with one attached hydrogen (secondary N) is 1. The van der Waals surface area contributed by atoms with Crippen LogP contribution in [-0.2, 0) is 17.8 Å². The van der Waals surface area contributed by atoms with Crippen LogP contribution < -0.4 is 9.88 Å². The zero-order valence-electron chi connectivity index (χ0n) is 12.3. The van der Waals surface area contributed by atoms with E-state index in [-0.39, 0.29) is 12.5 Å². The quantitative estimate of drug-likeness (QED) is 0.874. The van der Waals surface area contributed by atoms with Crippen LogP contribution in [0.2, 0.25) is 0 Å². The molecule has 0 unspecified atom stereocenters. The van der Waals surface area contributed by atoms with Gasteiger partial charge in [0.25, 0.3) is 5.91 Å². The third kappa shape index (κ3) is 3.90. The van der Waals surface area contributed by atoms with Gasteiger partial charge in [-0.05, 0) is 36.8 Å². The molecule has 0 radical (unpaired) electrons. The van der Waals surface area contributed by atoms with Crippen molar-refractivity contribution in [1.29, 1.82) is 5.26 Å². The lowest BCUT2D eigenvalue weighted by atomic mass is 10.2. The molecule has 1 aromatic heterocycles. The number of hydrogen-bond donors (Lipinski definition) is 1. The SMILES string of the molecule is CCc1ccc(C)[n+](CC(=O)Nc2ccc(C#N)cc2)c1. The third-order valence-corrected chi connectivity index (χ3v) is 3.33. The predicted octanol–water partition coefficient (Wildman–Crippen LogP) is 2.36. The molecule has 0 aliphatic heterocycles. The summed E-state index contributed by atoms with van der Waals surface area (Å²) in [6.45, 7) is 4.35. The molecule has 1 heterocycles. The van der Waals surface area contributed by atoms with Crippen molar-refractivity contribution >= 4 is 11.6 Å². The molecule has 0 aliphatic rings. The summed E-state index contributed by atoms with van der Waals surface area (Å²) in [6.07, 6.45) is 2.95. The summed E-state index contributed by atoms with van der Waals surface area (Å²) >= 11 is 0. The Kier molecular flexibility index (Phi) is 4.68. The Labute approximate surface area is 124 Å². The fourth-order valence-corrected chi connectivity index (χ4v) is 2.03. The normalized spacial score (nSPS) is 9.95. The highest BCUT2D eigenvalue weighted by Gasteiger charge is 2.13. The number of aryl methyl sites for hydroxylation is 2. The molecule has 106 valence electrons. The average Bonchev–Trinajstić information content (AvgIpc) is 2.50. The zero-order chi connectivity index (χ0) is 15.2. The van der Waals surface area contributed by atoms with Crippen molar-refractivity contribution < 1.29 is 9.36 Å². The van der Waals surface area contributed by atoms with Gasteiger partial charge in [0.2, 0.25) is 6.54 Å². The molecule has 1 aromatic carbocycles. The molecule has 21 heavy (non-hydrogen) atoms. The van der Waals surface area contributed by atoms with Crippen LogP contribution in [0.25, 0.3) is 0 Å². The van der Waals surface area contributed by atoms with E-state index < -0.39 is 0 Å². The summed E-state index contributed by atoms with van der Waals surface area (Å²) in [7, 11) is 0. The minimum absolute atomic E-state index is 0.0824. The minimum atomic E-state index is -0.0824. The number of hydrogen-bond acceptors (Lipinski definition) is 2. The maximum Gasteiger partial charge on any atom is 0.290 e. The molecule has 0 atom stereocenters. The first kappa shape index (κ1) is 14.7. The molecule has 0 fully saturated rings. The van der Waals surface area contributed by atoms with Crippen molar-refractivity contribution in [3.63, 3.8) is 0 Å². The van der Waals surface area contributed by atoms with Crippen molar-refractivity contribution in [1.82, 2.24) is 0 Å². The van der Waals surface area contributed by atoms with Crippen molar-refractivity contribution in [2.45, 2.75) is 26.8 Å². The Morgan fingerprint density at radius 2 is 1.95 bits per heavy atom. The van der Waals surface area contributed by atoms with E-state index in [1.54, 1.807) is 24.3 Å². The molecular weight excluding hydrogens is 262 g/mol. The minimum Gasteiger partial charge on any atom is -0.321 e. The van der Waals surface area contributed by atoms with E-state index in [1.165, 1.54) is 5.56 Å². The van der Waals surface area contributed by atoms with E-state index in [1.807, 2.05) is 23.8 Å². The molecule has 4 heteroatoms. The van der Waals surface area contributed by atoms with Gasteiger partial charge < -0.3 is 5.32 Å². The van der Waals surface area contributed by atoms with Gasteiger partial charge in [0, 0.05) is 24.2 Å². The summed E-state index contributed by atoms with van der Waals surface area (Å²) in [4.78, 5) is 12.1. The molecule has 0 bridgehead atoms. The van der Waals surface area contributed by atoms with Crippen LogP contribution in [0.1, 0.15) is 23.7 Å². The summed E-state index contributed by atoms with van der Waals surface area (Å²) in [6, 6.07) is 13.0. The maximum absolute atomic E-state index is 12.1. The Balaban J connectivity index is 2.06. The average molecular weight is 280 g/mol. The number of aromatic nitrogens is 1. The lowest BCUT2D eigenvalue weighted by Crippen LogP contribution is -2.43. The number of nitrogens with zero attached hydrogens (tertiary/aromatic N) is 2. The first-order valence-corrected chi connectivity index (χ1v) is 6.91. The number of nitriles is 1. The van der Waals surface area contributed by atoms with Crippen LogP contribution in [-0.4, -0.2) is 5.91 Å². The van der Waals surface area contributed by atoms with Gasteiger partial charge in [-0.25, -0.2) is 0 Å². The summed E-state index contributed by atoms with van der Waals surface area (Å²) in [5.74, 6) is -0.0824. The first-order valence-electron chi connectivity index (χ1n) is 6.91. The molecule has 0 saturated carbocycles.